The number of likely N-dealkylation sites (tertiary alicyclic amines) is 1. The summed E-state index contributed by atoms with van der Waals surface area (Å²) in [6.45, 7) is 4.61. The van der Waals surface area contributed by atoms with Gasteiger partial charge in [0, 0.05) is 6.54 Å². The van der Waals surface area contributed by atoms with Crippen LogP contribution < -0.4 is 10.6 Å². The Hall–Kier alpha value is -4.04. The Morgan fingerprint density at radius 3 is 2.73 bits per heavy atom. The van der Waals surface area contributed by atoms with Gasteiger partial charge in [0.05, 0.1) is 47.6 Å². The van der Waals surface area contributed by atoms with Crippen molar-refractivity contribution in [2.24, 2.45) is 5.73 Å². The molecular weight excluding hydrogens is 478 g/mol. The fourth-order valence-electron chi connectivity index (χ4n) is 5.88. The standard InChI is InChI=1S/C26H26F2N8O/c1-15-12-34(22-3-2-18(10-29)36-26(22)20(28)11-31-36)13-23-25-19(27)8-17(9-21(25)32-35(15)23)16-4-6-33(7-5-16)14-24(30)37/h2-3,8-9,11,15-16H,4-7,12-14H2,1H3,(H2,30,37)/t15-/m1/s1. The molecule has 1 atom stereocenters. The van der Waals surface area contributed by atoms with E-state index in [-0.39, 0.29) is 41.4 Å². The SMILES string of the molecule is C[C@@H]1CN(c2ccc(C#N)n3ncc(F)c23)Cc2c3c(F)cc(C4CCN(CC(N)=O)CC4)cc3nn21. The molecule has 1 amide bonds. The molecule has 0 spiro atoms. The Kier molecular flexibility index (Phi) is 5.56. The number of nitrogens with zero attached hydrogens (tertiary/aromatic N) is 7. The Balaban J connectivity index is 1.34. The van der Waals surface area contributed by atoms with Crippen LogP contribution >= 0.6 is 0 Å². The normalized spacial score (nSPS) is 18.9. The minimum absolute atomic E-state index is 0.0854. The van der Waals surface area contributed by atoms with Crippen molar-refractivity contribution in [1.29, 1.82) is 5.26 Å². The number of anilines is 1. The zero-order valence-corrected chi connectivity index (χ0v) is 20.4. The molecule has 37 heavy (non-hydrogen) atoms. The minimum atomic E-state index is -0.513. The summed E-state index contributed by atoms with van der Waals surface area (Å²) < 4.78 is 33.5. The van der Waals surface area contributed by atoms with Gasteiger partial charge in [-0.1, -0.05) is 0 Å². The van der Waals surface area contributed by atoms with Crippen LogP contribution in [-0.2, 0) is 11.3 Å². The molecule has 2 aliphatic heterocycles. The molecule has 1 saturated heterocycles. The van der Waals surface area contributed by atoms with E-state index in [0.29, 0.717) is 29.7 Å². The molecule has 5 heterocycles. The summed E-state index contributed by atoms with van der Waals surface area (Å²) in [7, 11) is 0. The van der Waals surface area contributed by atoms with Crippen LogP contribution in [0.1, 0.15) is 48.7 Å². The van der Waals surface area contributed by atoms with Crippen LogP contribution in [0.4, 0.5) is 14.5 Å². The van der Waals surface area contributed by atoms with Crippen molar-refractivity contribution in [3.8, 4) is 6.07 Å². The zero-order valence-electron chi connectivity index (χ0n) is 20.4. The Bertz CT molecular complexity index is 1580. The first-order chi connectivity index (χ1) is 17.8. The molecule has 0 unspecified atom stereocenters. The van der Waals surface area contributed by atoms with Gasteiger partial charge in [0.25, 0.3) is 0 Å². The molecule has 0 bridgehead atoms. The predicted molar refractivity (Wildman–Crippen MR) is 133 cm³/mol. The maximum absolute atomic E-state index is 15.6. The average Bonchev–Trinajstić information content (AvgIpc) is 3.45. The van der Waals surface area contributed by atoms with E-state index in [0.717, 1.165) is 43.4 Å². The third kappa shape index (κ3) is 3.88. The lowest BCUT2D eigenvalue weighted by molar-refractivity contribution is -0.119. The second kappa shape index (κ2) is 8.81. The van der Waals surface area contributed by atoms with Gasteiger partial charge in [-0.15, -0.1) is 0 Å². The number of nitrogens with two attached hydrogens (primary N) is 1. The van der Waals surface area contributed by atoms with Crippen molar-refractivity contribution in [3.05, 3.63) is 59.0 Å². The number of amides is 1. The minimum Gasteiger partial charge on any atom is -0.369 e. The molecular formula is C26H26F2N8O. The van der Waals surface area contributed by atoms with Crippen LogP contribution in [0.25, 0.3) is 16.4 Å². The number of halogens is 2. The molecule has 0 saturated carbocycles. The van der Waals surface area contributed by atoms with Crippen LogP contribution in [-0.4, -0.2) is 56.4 Å². The van der Waals surface area contributed by atoms with Crippen LogP contribution in [0.5, 0.6) is 0 Å². The number of pyridine rings is 1. The lowest BCUT2D eigenvalue weighted by Crippen LogP contribution is -2.39. The summed E-state index contributed by atoms with van der Waals surface area (Å²) in [5.41, 5.74) is 8.64. The molecule has 1 fully saturated rings. The van der Waals surface area contributed by atoms with Gasteiger partial charge in [-0.3, -0.25) is 14.4 Å². The highest BCUT2D eigenvalue weighted by molar-refractivity contribution is 5.84. The maximum Gasteiger partial charge on any atom is 0.231 e. The number of piperidine rings is 1. The van der Waals surface area contributed by atoms with Gasteiger partial charge in [-0.25, -0.2) is 13.3 Å². The van der Waals surface area contributed by atoms with E-state index >= 15 is 4.39 Å². The number of hydrogen-bond acceptors (Lipinski definition) is 6. The molecule has 1 aromatic carbocycles. The van der Waals surface area contributed by atoms with Gasteiger partial charge in [0.1, 0.15) is 23.1 Å². The predicted octanol–water partition coefficient (Wildman–Crippen LogP) is 3.08. The van der Waals surface area contributed by atoms with Crippen molar-refractivity contribution < 1.29 is 13.6 Å². The molecule has 11 heteroatoms. The van der Waals surface area contributed by atoms with Gasteiger partial charge in [-0.05, 0) is 68.6 Å². The number of aromatic nitrogens is 4. The average molecular weight is 505 g/mol. The van der Waals surface area contributed by atoms with Crippen LogP contribution in [0, 0.1) is 23.0 Å². The first kappa shape index (κ1) is 23.4. The Labute approximate surface area is 211 Å². The quantitative estimate of drug-likeness (QED) is 0.458. The highest BCUT2D eigenvalue weighted by Gasteiger charge is 2.30. The zero-order chi connectivity index (χ0) is 25.8. The number of rotatable bonds is 4. The summed E-state index contributed by atoms with van der Waals surface area (Å²) in [6.07, 6.45) is 2.75. The largest absolute Gasteiger partial charge is 0.369 e. The van der Waals surface area contributed by atoms with E-state index in [9.17, 15) is 14.4 Å². The molecule has 190 valence electrons. The highest BCUT2D eigenvalue weighted by atomic mass is 19.1. The van der Waals surface area contributed by atoms with Crippen molar-refractivity contribution in [2.45, 2.75) is 38.3 Å². The molecule has 9 nitrogen and oxygen atoms in total. The molecule has 0 radical (unpaired) electrons. The lowest BCUT2D eigenvalue weighted by Gasteiger charge is -2.34. The van der Waals surface area contributed by atoms with Gasteiger partial charge < -0.3 is 10.6 Å². The fourth-order valence-corrected chi connectivity index (χ4v) is 5.88. The number of carbonyl (C=O) groups excluding carboxylic acids is 1. The molecule has 2 aliphatic rings. The number of primary amides is 1. The fraction of sp³-hybridized carbons (Fsp3) is 0.385. The Morgan fingerprint density at radius 2 is 2.00 bits per heavy atom. The summed E-state index contributed by atoms with van der Waals surface area (Å²) >= 11 is 0. The molecule has 2 N–H and O–H groups in total. The van der Waals surface area contributed by atoms with Crippen molar-refractivity contribution in [3.63, 3.8) is 0 Å². The number of hydrogen-bond donors (Lipinski definition) is 1. The number of fused-ring (bicyclic) bond motifs is 4. The van der Waals surface area contributed by atoms with Crippen molar-refractivity contribution in [2.75, 3.05) is 31.1 Å². The number of nitriles is 1. The molecule has 3 aromatic heterocycles. The maximum atomic E-state index is 15.6. The van der Waals surface area contributed by atoms with E-state index in [1.54, 1.807) is 18.2 Å². The lowest BCUT2D eigenvalue weighted by atomic mass is 9.88. The van der Waals surface area contributed by atoms with E-state index in [2.05, 4.69) is 5.10 Å². The second-order valence-electron chi connectivity index (χ2n) is 10.0. The van der Waals surface area contributed by atoms with E-state index in [4.69, 9.17) is 10.8 Å². The first-order valence-corrected chi connectivity index (χ1v) is 12.4. The smallest absolute Gasteiger partial charge is 0.231 e. The van der Waals surface area contributed by atoms with Gasteiger partial charge in [-0.2, -0.15) is 15.5 Å². The van der Waals surface area contributed by atoms with Crippen molar-refractivity contribution in [1.82, 2.24) is 24.3 Å². The summed E-state index contributed by atoms with van der Waals surface area (Å²) in [6, 6.07) is 8.88. The van der Waals surface area contributed by atoms with Crippen molar-refractivity contribution >= 4 is 28.0 Å². The number of benzene rings is 1. The monoisotopic (exact) mass is 504 g/mol. The van der Waals surface area contributed by atoms with Crippen LogP contribution in [0.2, 0.25) is 0 Å². The third-order valence-corrected chi connectivity index (χ3v) is 7.60. The molecule has 4 aromatic rings. The third-order valence-electron chi connectivity index (χ3n) is 7.60. The molecule has 6 rings (SSSR count). The highest BCUT2D eigenvalue weighted by Crippen LogP contribution is 2.37. The van der Waals surface area contributed by atoms with Gasteiger partial charge >= 0.3 is 0 Å². The topological polar surface area (TPSA) is 108 Å². The summed E-state index contributed by atoms with van der Waals surface area (Å²) in [5, 5.41) is 18.7. The van der Waals surface area contributed by atoms with Gasteiger partial charge in [0.2, 0.25) is 5.91 Å². The van der Waals surface area contributed by atoms with Crippen LogP contribution in [0.3, 0.4) is 0 Å². The van der Waals surface area contributed by atoms with Crippen LogP contribution in [0.15, 0.2) is 30.5 Å². The summed E-state index contributed by atoms with van der Waals surface area (Å²) in [4.78, 5) is 15.2. The molecule has 0 aliphatic carbocycles. The summed E-state index contributed by atoms with van der Waals surface area (Å²) in [5.74, 6) is -0.980. The van der Waals surface area contributed by atoms with E-state index in [1.165, 1.54) is 4.52 Å². The number of carbonyl (C=O) groups is 1. The van der Waals surface area contributed by atoms with Gasteiger partial charge in [0.15, 0.2) is 5.82 Å². The second-order valence-corrected chi connectivity index (χ2v) is 10.0. The van der Waals surface area contributed by atoms with E-state index < -0.39 is 5.82 Å². The van der Waals surface area contributed by atoms with E-state index in [1.807, 2.05) is 33.5 Å². The first-order valence-electron chi connectivity index (χ1n) is 12.4. The Morgan fingerprint density at radius 1 is 1.22 bits per heavy atom.